The van der Waals surface area contributed by atoms with Crippen LogP contribution in [0, 0.1) is 0 Å². The lowest BCUT2D eigenvalue weighted by atomic mass is 10.2. The van der Waals surface area contributed by atoms with E-state index in [0.29, 0.717) is 0 Å². The number of nitrogens with zero attached hydrogens (tertiary/aromatic N) is 2. The van der Waals surface area contributed by atoms with Crippen LogP contribution < -0.4 is 0 Å². The average Bonchev–Trinajstić information content (AvgIpc) is 2.78. The molecule has 0 amide bonds. The SMILES string of the molecule is C=Cc1nn(C2CCCCO2)c2ccccc12. The van der Waals surface area contributed by atoms with Crippen molar-refractivity contribution in [1.82, 2.24) is 9.78 Å². The quantitative estimate of drug-likeness (QED) is 0.788. The first-order chi connectivity index (χ1) is 8.40. The van der Waals surface area contributed by atoms with Gasteiger partial charge in [0.2, 0.25) is 0 Å². The van der Waals surface area contributed by atoms with Crippen molar-refractivity contribution in [1.29, 1.82) is 0 Å². The molecule has 17 heavy (non-hydrogen) atoms. The maximum absolute atomic E-state index is 5.80. The summed E-state index contributed by atoms with van der Waals surface area (Å²) < 4.78 is 7.80. The number of benzene rings is 1. The molecule has 88 valence electrons. The molecule has 1 fully saturated rings. The molecule has 1 unspecified atom stereocenters. The Morgan fingerprint density at radius 3 is 3.00 bits per heavy atom. The van der Waals surface area contributed by atoms with Crippen LogP contribution in [-0.4, -0.2) is 16.4 Å². The largest absolute Gasteiger partial charge is 0.356 e. The van der Waals surface area contributed by atoms with Crippen LogP contribution in [0.5, 0.6) is 0 Å². The molecule has 3 heteroatoms. The van der Waals surface area contributed by atoms with Gasteiger partial charge in [0.05, 0.1) is 11.2 Å². The smallest absolute Gasteiger partial charge is 0.150 e. The second-order valence-electron chi connectivity index (χ2n) is 4.37. The number of fused-ring (bicyclic) bond motifs is 1. The summed E-state index contributed by atoms with van der Waals surface area (Å²) in [5, 5.41) is 5.75. The van der Waals surface area contributed by atoms with E-state index in [4.69, 9.17) is 4.74 Å². The van der Waals surface area contributed by atoms with Gasteiger partial charge >= 0.3 is 0 Å². The van der Waals surface area contributed by atoms with Crippen molar-refractivity contribution in [3.8, 4) is 0 Å². The van der Waals surface area contributed by atoms with E-state index >= 15 is 0 Å². The van der Waals surface area contributed by atoms with E-state index in [2.05, 4.69) is 23.8 Å². The van der Waals surface area contributed by atoms with Gasteiger partial charge in [-0.2, -0.15) is 5.10 Å². The van der Waals surface area contributed by atoms with Gasteiger partial charge in [-0.3, -0.25) is 0 Å². The van der Waals surface area contributed by atoms with Gasteiger partial charge in [-0.15, -0.1) is 0 Å². The van der Waals surface area contributed by atoms with Crippen molar-refractivity contribution in [2.75, 3.05) is 6.61 Å². The van der Waals surface area contributed by atoms with E-state index in [1.165, 1.54) is 6.42 Å². The molecule has 0 spiro atoms. The number of hydrogen-bond donors (Lipinski definition) is 0. The van der Waals surface area contributed by atoms with Crippen LogP contribution in [0.4, 0.5) is 0 Å². The summed E-state index contributed by atoms with van der Waals surface area (Å²) in [4.78, 5) is 0. The molecule has 1 aliphatic heterocycles. The molecule has 1 aliphatic rings. The van der Waals surface area contributed by atoms with Crippen molar-refractivity contribution in [3.63, 3.8) is 0 Å². The summed E-state index contributed by atoms with van der Waals surface area (Å²) in [5.41, 5.74) is 2.07. The molecule has 2 heterocycles. The lowest BCUT2D eigenvalue weighted by Crippen LogP contribution is -2.19. The summed E-state index contributed by atoms with van der Waals surface area (Å²) in [6, 6.07) is 8.24. The van der Waals surface area contributed by atoms with Gasteiger partial charge in [0.15, 0.2) is 6.23 Å². The molecule has 3 nitrogen and oxygen atoms in total. The predicted molar refractivity (Wildman–Crippen MR) is 68.7 cm³/mol. The molecule has 1 atom stereocenters. The van der Waals surface area contributed by atoms with Crippen LogP contribution >= 0.6 is 0 Å². The summed E-state index contributed by atoms with van der Waals surface area (Å²) in [5.74, 6) is 0. The van der Waals surface area contributed by atoms with E-state index in [9.17, 15) is 0 Å². The highest BCUT2D eigenvalue weighted by atomic mass is 16.5. The Bertz CT molecular complexity index is 538. The van der Waals surface area contributed by atoms with Crippen molar-refractivity contribution < 1.29 is 4.74 Å². The lowest BCUT2D eigenvalue weighted by molar-refractivity contribution is -0.0367. The zero-order valence-electron chi connectivity index (χ0n) is 9.80. The second kappa shape index (κ2) is 4.34. The fourth-order valence-electron chi connectivity index (χ4n) is 2.40. The molecular weight excluding hydrogens is 212 g/mol. The summed E-state index contributed by atoms with van der Waals surface area (Å²) in [7, 11) is 0. The van der Waals surface area contributed by atoms with Crippen molar-refractivity contribution in [2.24, 2.45) is 0 Å². The van der Waals surface area contributed by atoms with E-state index in [0.717, 1.165) is 36.0 Å². The first kappa shape index (κ1) is 10.5. The number of rotatable bonds is 2. The number of aromatic nitrogens is 2. The molecule has 1 saturated heterocycles. The van der Waals surface area contributed by atoms with Gasteiger partial charge < -0.3 is 4.74 Å². The molecule has 0 aliphatic carbocycles. The van der Waals surface area contributed by atoms with E-state index in [1.54, 1.807) is 0 Å². The molecule has 0 bridgehead atoms. The second-order valence-corrected chi connectivity index (χ2v) is 4.37. The fourth-order valence-corrected chi connectivity index (χ4v) is 2.40. The lowest BCUT2D eigenvalue weighted by Gasteiger charge is -2.23. The first-order valence-electron chi connectivity index (χ1n) is 6.11. The zero-order chi connectivity index (χ0) is 11.7. The molecular formula is C14H16N2O. The third-order valence-electron chi connectivity index (χ3n) is 3.26. The Balaban J connectivity index is 2.11. The molecule has 1 aromatic heterocycles. The predicted octanol–water partition coefficient (Wildman–Crippen LogP) is 3.38. The van der Waals surface area contributed by atoms with Crippen LogP contribution in [0.25, 0.3) is 17.0 Å². The maximum atomic E-state index is 5.80. The minimum absolute atomic E-state index is 0.0855. The Hall–Kier alpha value is -1.61. The van der Waals surface area contributed by atoms with Crippen LogP contribution in [0.1, 0.15) is 31.2 Å². The van der Waals surface area contributed by atoms with E-state index in [-0.39, 0.29) is 6.23 Å². The maximum Gasteiger partial charge on any atom is 0.150 e. The topological polar surface area (TPSA) is 27.1 Å². The normalized spacial score (nSPS) is 20.6. The first-order valence-corrected chi connectivity index (χ1v) is 6.11. The molecule has 0 saturated carbocycles. The van der Waals surface area contributed by atoms with E-state index < -0.39 is 0 Å². The van der Waals surface area contributed by atoms with Crippen molar-refractivity contribution in [2.45, 2.75) is 25.5 Å². The summed E-state index contributed by atoms with van der Waals surface area (Å²) >= 11 is 0. The van der Waals surface area contributed by atoms with E-state index in [1.807, 2.05) is 22.9 Å². The van der Waals surface area contributed by atoms with Gasteiger partial charge in [0.1, 0.15) is 0 Å². The van der Waals surface area contributed by atoms with Crippen LogP contribution in [-0.2, 0) is 4.74 Å². The van der Waals surface area contributed by atoms with Crippen LogP contribution in [0.15, 0.2) is 30.8 Å². The average molecular weight is 228 g/mol. The Labute approximate surface area is 101 Å². The van der Waals surface area contributed by atoms with Gasteiger partial charge in [-0.05, 0) is 31.4 Å². The monoisotopic (exact) mass is 228 g/mol. The van der Waals surface area contributed by atoms with Gasteiger partial charge in [-0.1, -0.05) is 24.8 Å². The van der Waals surface area contributed by atoms with Crippen molar-refractivity contribution in [3.05, 3.63) is 36.5 Å². The minimum Gasteiger partial charge on any atom is -0.356 e. The molecule has 0 radical (unpaired) electrons. The highest BCUT2D eigenvalue weighted by molar-refractivity contribution is 5.86. The molecule has 0 N–H and O–H groups in total. The Morgan fingerprint density at radius 2 is 2.24 bits per heavy atom. The van der Waals surface area contributed by atoms with Gasteiger partial charge in [0, 0.05) is 12.0 Å². The van der Waals surface area contributed by atoms with Crippen LogP contribution in [0.2, 0.25) is 0 Å². The number of ether oxygens (including phenoxy) is 1. The fraction of sp³-hybridized carbons (Fsp3) is 0.357. The minimum atomic E-state index is 0.0855. The van der Waals surface area contributed by atoms with Gasteiger partial charge in [-0.25, -0.2) is 4.68 Å². The Kier molecular flexibility index (Phi) is 2.69. The van der Waals surface area contributed by atoms with Gasteiger partial charge in [0.25, 0.3) is 0 Å². The third-order valence-corrected chi connectivity index (χ3v) is 3.26. The third kappa shape index (κ3) is 1.76. The number of para-hydroxylation sites is 1. The molecule has 3 rings (SSSR count). The van der Waals surface area contributed by atoms with Crippen LogP contribution in [0.3, 0.4) is 0 Å². The highest BCUT2D eigenvalue weighted by Crippen LogP contribution is 2.28. The molecule has 1 aromatic carbocycles. The highest BCUT2D eigenvalue weighted by Gasteiger charge is 2.19. The summed E-state index contributed by atoms with van der Waals surface area (Å²) in [6.07, 6.45) is 5.30. The van der Waals surface area contributed by atoms with Crippen molar-refractivity contribution >= 4 is 17.0 Å². The summed E-state index contributed by atoms with van der Waals surface area (Å²) in [6.45, 7) is 4.66. The zero-order valence-corrected chi connectivity index (χ0v) is 9.80. The molecule has 2 aromatic rings. The standard InChI is InChI=1S/C14H16N2O/c1-2-12-11-7-3-4-8-13(11)16(15-12)14-9-5-6-10-17-14/h2-4,7-8,14H,1,5-6,9-10H2. The number of hydrogen-bond acceptors (Lipinski definition) is 2. The Morgan fingerprint density at radius 1 is 1.35 bits per heavy atom.